The first kappa shape index (κ1) is 6.61. The largest absolute Gasteiger partial charge is 0.466 e. The number of benzene rings is 1. The molecule has 1 radical (unpaired) electrons. The van der Waals surface area contributed by atoms with Gasteiger partial charge in [0.2, 0.25) is 0 Å². The fourth-order valence-electron chi connectivity index (χ4n) is 0.913. The highest BCUT2D eigenvalue weighted by atomic mass is 32.1. The van der Waals surface area contributed by atoms with Crippen molar-refractivity contribution in [3.05, 3.63) is 31.4 Å². The molecule has 11 heavy (non-hydrogen) atoms. The maximum Gasteiger partial charge on any atom is 0.274 e. The highest BCUT2D eigenvalue weighted by Crippen LogP contribution is 2.26. The zero-order chi connectivity index (χ0) is 7.68. The minimum Gasteiger partial charge on any atom is -0.466 e. The van der Waals surface area contributed by atoms with Crippen molar-refractivity contribution in [3.8, 4) is 5.19 Å². The molecular formula is C8H6NOS. The standard InChI is InChI=1S/C8H6NOS/c1-10-8-9-6-4-2-3-5-7(6)11-8/h2-5H,1H2. The third-order valence-corrected chi connectivity index (χ3v) is 2.35. The van der Waals surface area contributed by atoms with Crippen LogP contribution in [0.1, 0.15) is 0 Å². The molecule has 2 aromatic rings. The zero-order valence-electron chi connectivity index (χ0n) is 5.78. The zero-order valence-corrected chi connectivity index (χ0v) is 6.60. The molecule has 1 aromatic carbocycles. The lowest BCUT2D eigenvalue weighted by Crippen LogP contribution is -1.73. The van der Waals surface area contributed by atoms with E-state index in [4.69, 9.17) is 4.74 Å². The number of aromatic nitrogens is 1. The predicted molar refractivity (Wildman–Crippen MR) is 45.6 cm³/mol. The third-order valence-electron chi connectivity index (χ3n) is 1.40. The van der Waals surface area contributed by atoms with E-state index in [1.807, 2.05) is 24.3 Å². The molecule has 0 N–H and O–H groups in total. The molecule has 0 atom stereocenters. The van der Waals surface area contributed by atoms with Crippen molar-refractivity contribution < 1.29 is 4.74 Å². The number of hydrogen-bond acceptors (Lipinski definition) is 3. The Bertz CT molecular complexity index is 336. The van der Waals surface area contributed by atoms with E-state index in [0.29, 0.717) is 5.19 Å². The molecule has 1 aromatic heterocycles. The normalized spacial score (nSPS) is 10.3. The van der Waals surface area contributed by atoms with Crippen LogP contribution in [0, 0.1) is 7.11 Å². The number of fused-ring (bicyclic) bond motifs is 1. The van der Waals surface area contributed by atoms with Crippen LogP contribution in [0.2, 0.25) is 0 Å². The topological polar surface area (TPSA) is 22.1 Å². The van der Waals surface area contributed by atoms with Gasteiger partial charge in [0.15, 0.2) is 0 Å². The SMILES string of the molecule is [CH2]Oc1nc2ccccc2s1. The molecule has 0 unspecified atom stereocenters. The molecule has 55 valence electrons. The van der Waals surface area contributed by atoms with Crippen LogP contribution in [0.25, 0.3) is 10.2 Å². The van der Waals surface area contributed by atoms with Crippen molar-refractivity contribution in [2.75, 3.05) is 0 Å². The number of thiazole rings is 1. The van der Waals surface area contributed by atoms with Crippen molar-refractivity contribution in [1.82, 2.24) is 4.98 Å². The van der Waals surface area contributed by atoms with Crippen molar-refractivity contribution >= 4 is 21.6 Å². The molecule has 0 saturated carbocycles. The van der Waals surface area contributed by atoms with Crippen molar-refractivity contribution in [2.24, 2.45) is 0 Å². The van der Waals surface area contributed by atoms with Gasteiger partial charge in [-0.15, -0.1) is 0 Å². The van der Waals surface area contributed by atoms with E-state index < -0.39 is 0 Å². The lowest BCUT2D eigenvalue weighted by molar-refractivity contribution is 0.470. The second kappa shape index (κ2) is 2.51. The van der Waals surface area contributed by atoms with Crippen LogP contribution in [-0.4, -0.2) is 4.98 Å². The molecule has 0 aliphatic carbocycles. The van der Waals surface area contributed by atoms with Crippen LogP contribution in [0.4, 0.5) is 0 Å². The van der Waals surface area contributed by atoms with E-state index in [1.165, 1.54) is 11.3 Å². The summed E-state index contributed by atoms with van der Waals surface area (Å²) in [5.41, 5.74) is 0.969. The summed E-state index contributed by atoms with van der Waals surface area (Å²) in [6.45, 7) is 0. The van der Waals surface area contributed by atoms with Crippen LogP contribution in [0.5, 0.6) is 5.19 Å². The van der Waals surface area contributed by atoms with E-state index in [0.717, 1.165) is 10.2 Å². The van der Waals surface area contributed by atoms with Gasteiger partial charge in [-0.3, -0.25) is 0 Å². The monoisotopic (exact) mass is 164 g/mol. The number of para-hydroxylation sites is 1. The van der Waals surface area contributed by atoms with Gasteiger partial charge in [-0.25, -0.2) is 4.98 Å². The highest BCUT2D eigenvalue weighted by Gasteiger charge is 2.00. The quantitative estimate of drug-likeness (QED) is 0.646. The molecular weight excluding hydrogens is 158 g/mol. The molecule has 0 bridgehead atoms. The Hall–Kier alpha value is -1.09. The number of rotatable bonds is 1. The highest BCUT2D eigenvalue weighted by molar-refractivity contribution is 7.20. The Kier molecular flexibility index (Phi) is 1.51. The summed E-state index contributed by atoms with van der Waals surface area (Å²) in [5.74, 6) is 0. The van der Waals surface area contributed by atoms with Gasteiger partial charge in [0.25, 0.3) is 5.19 Å². The smallest absolute Gasteiger partial charge is 0.274 e. The first-order chi connectivity index (χ1) is 5.40. The summed E-state index contributed by atoms with van der Waals surface area (Å²) >= 11 is 1.50. The van der Waals surface area contributed by atoms with Crippen LogP contribution >= 0.6 is 11.3 Å². The summed E-state index contributed by atoms with van der Waals surface area (Å²) in [6.07, 6.45) is 0. The minimum absolute atomic E-state index is 0.617. The summed E-state index contributed by atoms with van der Waals surface area (Å²) in [6, 6.07) is 7.90. The molecule has 3 heteroatoms. The van der Waals surface area contributed by atoms with Crippen molar-refractivity contribution in [2.45, 2.75) is 0 Å². The van der Waals surface area contributed by atoms with Gasteiger partial charge in [-0.05, 0) is 12.1 Å². The predicted octanol–water partition coefficient (Wildman–Crippen LogP) is 2.47. The molecule has 0 amide bonds. The Balaban J connectivity index is 2.69. The van der Waals surface area contributed by atoms with Crippen molar-refractivity contribution in [3.63, 3.8) is 0 Å². The van der Waals surface area contributed by atoms with Gasteiger partial charge in [-0.1, -0.05) is 23.5 Å². The Morgan fingerprint density at radius 3 is 2.91 bits per heavy atom. The summed E-state index contributed by atoms with van der Waals surface area (Å²) in [7, 11) is 3.30. The third kappa shape index (κ3) is 1.07. The maximum absolute atomic E-state index is 4.76. The Morgan fingerprint density at radius 2 is 2.18 bits per heavy atom. The van der Waals surface area contributed by atoms with E-state index in [1.54, 1.807) is 0 Å². The van der Waals surface area contributed by atoms with Gasteiger partial charge in [0.1, 0.15) is 7.11 Å². The average molecular weight is 164 g/mol. The Morgan fingerprint density at radius 1 is 1.36 bits per heavy atom. The van der Waals surface area contributed by atoms with E-state index in [2.05, 4.69) is 12.1 Å². The minimum atomic E-state index is 0.617. The van der Waals surface area contributed by atoms with Gasteiger partial charge >= 0.3 is 0 Å². The number of nitrogens with zero attached hydrogens (tertiary/aromatic N) is 1. The molecule has 0 fully saturated rings. The van der Waals surface area contributed by atoms with Crippen LogP contribution in [0.15, 0.2) is 24.3 Å². The number of hydrogen-bond donors (Lipinski definition) is 0. The molecule has 2 nitrogen and oxygen atoms in total. The lowest BCUT2D eigenvalue weighted by atomic mass is 10.3. The lowest BCUT2D eigenvalue weighted by Gasteiger charge is -1.84. The second-order valence-electron chi connectivity index (χ2n) is 2.09. The summed E-state index contributed by atoms with van der Waals surface area (Å²) in [5, 5.41) is 0.617. The van der Waals surface area contributed by atoms with Gasteiger partial charge in [-0.2, -0.15) is 0 Å². The fourth-order valence-corrected chi connectivity index (χ4v) is 1.67. The van der Waals surface area contributed by atoms with Gasteiger partial charge in [0.05, 0.1) is 10.2 Å². The summed E-state index contributed by atoms with van der Waals surface area (Å²) < 4.78 is 5.89. The molecule has 2 rings (SSSR count). The van der Waals surface area contributed by atoms with Crippen LogP contribution in [0.3, 0.4) is 0 Å². The summed E-state index contributed by atoms with van der Waals surface area (Å²) in [4.78, 5) is 4.16. The van der Waals surface area contributed by atoms with Crippen molar-refractivity contribution in [1.29, 1.82) is 0 Å². The first-order valence-corrected chi connectivity index (χ1v) is 3.99. The molecule has 1 heterocycles. The van der Waals surface area contributed by atoms with E-state index >= 15 is 0 Å². The molecule has 0 aliphatic heterocycles. The molecule has 0 saturated heterocycles. The van der Waals surface area contributed by atoms with Crippen LogP contribution < -0.4 is 4.74 Å². The average Bonchev–Trinajstić information content (AvgIpc) is 2.46. The number of ether oxygens (including phenoxy) is 1. The maximum atomic E-state index is 4.76. The van der Waals surface area contributed by atoms with Gasteiger partial charge < -0.3 is 4.74 Å². The van der Waals surface area contributed by atoms with E-state index in [9.17, 15) is 0 Å². The molecule has 0 aliphatic rings. The first-order valence-electron chi connectivity index (χ1n) is 3.18. The van der Waals surface area contributed by atoms with Gasteiger partial charge in [0, 0.05) is 0 Å². The fraction of sp³-hybridized carbons (Fsp3) is 0. The molecule has 0 spiro atoms. The van der Waals surface area contributed by atoms with E-state index in [-0.39, 0.29) is 0 Å². The second-order valence-corrected chi connectivity index (χ2v) is 3.09. The van der Waals surface area contributed by atoms with Crippen LogP contribution in [-0.2, 0) is 0 Å². The Labute approximate surface area is 68.5 Å².